The number of hydrogen-bond donors (Lipinski definition) is 0. The first kappa shape index (κ1) is 24.5. The maximum Gasteiger partial charge on any atom is 0.0266 e. The second kappa shape index (κ2) is 10.8. The van der Waals surface area contributed by atoms with E-state index in [-0.39, 0.29) is 0 Å². The minimum Gasteiger partial charge on any atom is -0.0996 e. The predicted octanol–water partition coefficient (Wildman–Crippen LogP) is 9.56. The third-order valence-electron chi connectivity index (χ3n) is 8.12. The summed E-state index contributed by atoms with van der Waals surface area (Å²) < 4.78 is 0. The molecule has 4 rings (SSSR count). The van der Waals surface area contributed by atoms with Gasteiger partial charge in [0, 0.05) is 11.8 Å². The Hall–Kier alpha value is -2.60. The molecule has 0 N–H and O–H groups in total. The molecule has 0 fully saturated rings. The molecular weight excluding hydrogens is 408 g/mol. The molecular formula is C34H42. The van der Waals surface area contributed by atoms with Crippen LogP contribution in [0.2, 0.25) is 0 Å². The summed E-state index contributed by atoms with van der Waals surface area (Å²) in [4.78, 5) is 0. The zero-order chi connectivity index (χ0) is 24.2. The van der Waals surface area contributed by atoms with Crippen molar-refractivity contribution in [1.82, 2.24) is 0 Å². The molecule has 0 saturated carbocycles. The van der Waals surface area contributed by atoms with E-state index in [1.54, 1.807) is 0 Å². The Morgan fingerprint density at radius 3 is 2.41 bits per heavy atom. The molecule has 4 aliphatic carbocycles. The third kappa shape index (κ3) is 5.54. The number of hydrogen-bond acceptors (Lipinski definition) is 0. The molecule has 0 radical (unpaired) electrons. The highest BCUT2D eigenvalue weighted by Crippen LogP contribution is 2.38. The fourth-order valence-electron chi connectivity index (χ4n) is 5.80. The Balaban J connectivity index is 1.33. The summed E-state index contributed by atoms with van der Waals surface area (Å²) in [5.74, 6) is 2.66. The van der Waals surface area contributed by atoms with Crippen molar-refractivity contribution in [3.63, 3.8) is 0 Å². The first-order chi connectivity index (χ1) is 16.4. The SMILES string of the molecule is C=C1C=C(C(C)CCC2=CC3C=C(CCC(C(=C)CC)C(C)C)C=CC3=C2)C=C2C=CC=CC12. The van der Waals surface area contributed by atoms with Crippen molar-refractivity contribution < 1.29 is 0 Å². The average molecular weight is 451 g/mol. The molecule has 178 valence electrons. The Morgan fingerprint density at radius 2 is 1.65 bits per heavy atom. The van der Waals surface area contributed by atoms with Crippen molar-refractivity contribution in [3.05, 3.63) is 119 Å². The van der Waals surface area contributed by atoms with Crippen molar-refractivity contribution >= 4 is 0 Å². The summed E-state index contributed by atoms with van der Waals surface area (Å²) in [5, 5.41) is 0. The molecule has 4 atom stereocenters. The Morgan fingerprint density at radius 1 is 0.882 bits per heavy atom. The van der Waals surface area contributed by atoms with E-state index in [9.17, 15) is 0 Å². The van der Waals surface area contributed by atoms with Crippen molar-refractivity contribution in [2.45, 2.75) is 59.8 Å². The summed E-state index contributed by atoms with van der Waals surface area (Å²) in [7, 11) is 0. The van der Waals surface area contributed by atoms with Gasteiger partial charge in [0.05, 0.1) is 0 Å². The molecule has 0 amide bonds. The van der Waals surface area contributed by atoms with Gasteiger partial charge in [-0.3, -0.25) is 0 Å². The van der Waals surface area contributed by atoms with Crippen LogP contribution in [0.25, 0.3) is 0 Å². The van der Waals surface area contributed by atoms with Gasteiger partial charge in [0.1, 0.15) is 0 Å². The van der Waals surface area contributed by atoms with E-state index >= 15 is 0 Å². The van der Waals surface area contributed by atoms with Crippen LogP contribution in [0.1, 0.15) is 59.8 Å². The van der Waals surface area contributed by atoms with Gasteiger partial charge < -0.3 is 0 Å². The van der Waals surface area contributed by atoms with Gasteiger partial charge in [0.2, 0.25) is 0 Å². The highest BCUT2D eigenvalue weighted by molar-refractivity contribution is 5.52. The second-order valence-electron chi connectivity index (χ2n) is 10.9. The van der Waals surface area contributed by atoms with Crippen LogP contribution in [0.3, 0.4) is 0 Å². The molecule has 4 unspecified atom stereocenters. The molecule has 0 spiro atoms. The van der Waals surface area contributed by atoms with Crippen molar-refractivity contribution in [1.29, 1.82) is 0 Å². The molecule has 0 aromatic carbocycles. The Labute approximate surface area is 208 Å². The summed E-state index contributed by atoms with van der Waals surface area (Å²) >= 11 is 0. The standard InChI is InChI=1S/C34H42/c1-7-24(4)33(23(2)3)17-15-27-14-16-29-20-28(21-32(29)19-27)13-12-25(5)31-18-26(6)34-11-9-8-10-30(34)22-31/h8-11,14,16,18-23,25,32-34H,4,6-7,12-13,15,17H2,1-3,5H3. The van der Waals surface area contributed by atoms with Crippen LogP contribution in [-0.4, -0.2) is 0 Å². The summed E-state index contributed by atoms with van der Waals surface area (Å²) in [6, 6.07) is 0. The normalized spacial score (nSPS) is 24.6. The van der Waals surface area contributed by atoms with Crippen LogP contribution in [-0.2, 0) is 0 Å². The second-order valence-corrected chi connectivity index (χ2v) is 10.9. The first-order valence-electron chi connectivity index (χ1n) is 13.3. The van der Waals surface area contributed by atoms with Gasteiger partial charge in [0.15, 0.2) is 0 Å². The summed E-state index contributed by atoms with van der Waals surface area (Å²) in [6.45, 7) is 17.9. The molecule has 0 heterocycles. The van der Waals surface area contributed by atoms with Gasteiger partial charge >= 0.3 is 0 Å². The molecule has 0 aromatic rings. The van der Waals surface area contributed by atoms with E-state index < -0.39 is 0 Å². The zero-order valence-electron chi connectivity index (χ0n) is 21.7. The van der Waals surface area contributed by atoms with Gasteiger partial charge in [-0.2, -0.15) is 0 Å². The maximum absolute atomic E-state index is 4.34. The van der Waals surface area contributed by atoms with Crippen LogP contribution in [0.5, 0.6) is 0 Å². The minimum atomic E-state index is 0.370. The van der Waals surface area contributed by atoms with Crippen LogP contribution >= 0.6 is 0 Å². The van der Waals surface area contributed by atoms with E-state index in [0.29, 0.717) is 29.6 Å². The van der Waals surface area contributed by atoms with E-state index in [2.05, 4.69) is 108 Å². The lowest BCUT2D eigenvalue weighted by atomic mass is 9.79. The summed E-state index contributed by atoms with van der Waals surface area (Å²) in [6.07, 6.45) is 31.3. The monoisotopic (exact) mass is 450 g/mol. The lowest BCUT2D eigenvalue weighted by molar-refractivity contribution is 0.408. The smallest absolute Gasteiger partial charge is 0.0266 e. The highest BCUT2D eigenvalue weighted by Gasteiger charge is 2.23. The number of fused-ring (bicyclic) bond motifs is 2. The lowest BCUT2D eigenvalue weighted by Crippen LogP contribution is -2.11. The molecule has 0 heteroatoms. The van der Waals surface area contributed by atoms with Gasteiger partial charge in [-0.15, -0.1) is 0 Å². The first-order valence-corrected chi connectivity index (χ1v) is 13.3. The van der Waals surface area contributed by atoms with E-state index in [1.807, 2.05) is 0 Å². The quantitative estimate of drug-likeness (QED) is 0.291. The Kier molecular flexibility index (Phi) is 7.77. The van der Waals surface area contributed by atoms with Crippen LogP contribution in [0, 0.1) is 29.6 Å². The van der Waals surface area contributed by atoms with Crippen molar-refractivity contribution in [3.8, 4) is 0 Å². The highest BCUT2D eigenvalue weighted by atomic mass is 14.3. The molecule has 34 heavy (non-hydrogen) atoms. The maximum atomic E-state index is 4.34. The molecule has 0 nitrogen and oxygen atoms in total. The molecule has 4 aliphatic rings. The van der Waals surface area contributed by atoms with Gasteiger partial charge in [0.25, 0.3) is 0 Å². The topological polar surface area (TPSA) is 0 Å². The van der Waals surface area contributed by atoms with Crippen LogP contribution in [0.15, 0.2) is 119 Å². The van der Waals surface area contributed by atoms with Crippen LogP contribution < -0.4 is 0 Å². The molecule has 0 aromatic heterocycles. The fourth-order valence-corrected chi connectivity index (χ4v) is 5.80. The van der Waals surface area contributed by atoms with E-state index in [4.69, 9.17) is 0 Å². The molecule has 0 aliphatic heterocycles. The summed E-state index contributed by atoms with van der Waals surface area (Å²) in [5.41, 5.74) is 9.88. The van der Waals surface area contributed by atoms with Gasteiger partial charge in [-0.05, 0) is 72.2 Å². The van der Waals surface area contributed by atoms with Gasteiger partial charge in [-0.1, -0.05) is 124 Å². The van der Waals surface area contributed by atoms with Crippen LogP contribution in [0.4, 0.5) is 0 Å². The van der Waals surface area contributed by atoms with E-state index in [1.165, 1.54) is 51.9 Å². The molecule has 0 bridgehead atoms. The third-order valence-corrected chi connectivity index (χ3v) is 8.12. The fraction of sp³-hybridized carbons (Fsp3) is 0.412. The zero-order valence-corrected chi connectivity index (χ0v) is 21.7. The minimum absolute atomic E-state index is 0.370. The van der Waals surface area contributed by atoms with Crippen molar-refractivity contribution in [2.24, 2.45) is 29.6 Å². The average Bonchev–Trinajstić information content (AvgIpc) is 3.24. The largest absolute Gasteiger partial charge is 0.0996 e. The molecule has 0 saturated heterocycles. The number of allylic oxidation sites excluding steroid dienone is 18. The van der Waals surface area contributed by atoms with Gasteiger partial charge in [-0.25, -0.2) is 0 Å². The van der Waals surface area contributed by atoms with E-state index in [0.717, 1.165) is 19.3 Å². The van der Waals surface area contributed by atoms with Crippen molar-refractivity contribution in [2.75, 3.05) is 0 Å². The predicted molar refractivity (Wildman–Crippen MR) is 149 cm³/mol. The lowest BCUT2D eigenvalue weighted by Gasteiger charge is -2.26. The number of rotatable bonds is 10. The Bertz CT molecular complexity index is 1070.